The van der Waals surface area contributed by atoms with Gasteiger partial charge >= 0.3 is 0 Å². The summed E-state index contributed by atoms with van der Waals surface area (Å²) in [5.41, 5.74) is 0.826. The average Bonchev–Trinajstić information content (AvgIpc) is 1.95. The summed E-state index contributed by atoms with van der Waals surface area (Å²) in [6, 6.07) is 7.00. The Morgan fingerprint density at radius 3 is 2.27 bits per heavy atom. The van der Waals surface area contributed by atoms with Gasteiger partial charge in [0.1, 0.15) is 0 Å². The number of hydrogen-bond donors (Lipinski definition) is 1. The van der Waals surface area contributed by atoms with Gasteiger partial charge in [-0.3, -0.25) is 0 Å². The van der Waals surface area contributed by atoms with E-state index in [1.807, 2.05) is 0 Å². The monoisotopic (exact) mass is 191 g/mol. The lowest BCUT2D eigenvalue weighted by molar-refractivity contribution is 0.322. The highest BCUT2D eigenvalue weighted by Crippen LogP contribution is 2.07. The predicted molar refractivity (Wildman–Crippen MR) is 48.1 cm³/mol. The van der Waals surface area contributed by atoms with Gasteiger partial charge in [-0.15, -0.1) is 12.4 Å². The zero-order valence-corrected chi connectivity index (χ0v) is 7.14. The average molecular weight is 192 g/mol. The Bertz CT molecular complexity index is 233. The van der Waals surface area contributed by atoms with Crippen molar-refractivity contribution in [1.29, 1.82) is 0 Å². The van der Waals surface area contributed by atoms with E-state index in [2.05, 4.69) is 5.16 Å². The minimum absolute atomic E-state index is 0. The fourth-order valence-electron chi connectivity index (χ4n) is 0.616. The molecule has 1 rings (SSSR count). The first-order chi connectivity index (χ1) is 4.83. The third-order valence-electron chi connectivity index (χ3n) is 1.08. The molecule has 60 valence electrons. The van der Waals surface area contributed by atoms with Crippen LogP contribution in [0.15, 0.2) is 29.4 Å². The second kappa shape index (κ2) is 4.99. The van der Waals surface area contributed by atoms with Gasteiger partial charge in [-0.05, 0) is 17.7 Å². The third kappa shape index (κ3) is 3.25. The lowest BCUT2D eigenvalue weighted by Gasteiger charge is -1.89. The van der Waals surface area contributed by atoms with E-state index in [9.17, 15) is 0 Å². The van der Waals surface area contributed by atoms with Crippen LogP contribution in [0.25, 0.3) is 0 Å². The van der Waals surface area contributed by atoms with Crippen LogP contribution in [0.5, 0.6) is 0 Å². The molecule has 0 atom stereocenters. The van der Waals surface area contributed by atoms with Crippen molar-refractivity contribution in [1.82, 2.24) is 0 Å². The Labute approximate surface area is 75.9 Å². The Morgan fingerprint density at radius 2 is 1.82 bits per heavy atom. The van der Waals surface area contributed by atoms with Gasteiger partial charge in [-0.25, -0.2) is 0 Å². The molecule has 0 saturated carbocycles. The van der Waals surface area contributed by atoms with Gasteiger partial charge in [-0.2, -0.15) is 0 Å². The molecular formula is C7H7Cl2NO. The van der Waals surface area contributed by atoms with Crippen molar-refractivity contribution in [2.75, 3.05) is 0 Å². The minimum atomic E-state index is 0. The maximum atomic E-state index is 8.13. The fraction of sp³-hybridized carbons (Fsp3) is 0. The summed E-state index contributed by atoms with van der Waals surface area (Å²) in [6.45, 7) is 0. The summed E-state index contributed by atoms with van der Waals surface area (Å²) < 4.78 is 0. The van der Waals surface area contributed by atoms with Crippen LogP contribution in [-0.2, 0) is 0 Å². The van der Waals surface area contributed by atoms with Crippen molar-refractivity contribution in [3.05, 3.63) is 34.9 Å². The van der Waals surface area contributed by atoms with Crippen LogP contribution in [0, 0.1) is 0 Å². The zero-order valence-electron chi connectivity index (χ0n) is 5.57. The molecule has 0 saturated heterocycles. The molecule has 1 N–H and O–H groups in total. The second-order valence-corrected chi connectivity index (χ2v) is 2.23. The van der Waals surface area contributed by atoms with Crippen molar-refractivity contribution in [3.63, 3.8) is 0 Å². The zero-order chi connectivity index (χ0) is 7.40. The van der Waals surface area contributed by atoms with Gasteiger partial charge < -0.3 is 5.21 Å². The molecule has 0 unspecified atom stereocenters. The lowest BCUT2D eigenvalue weighted by Crippen LogP contribution is -1.77. The Kier molecular flexibility index (Phi) is 4.66. The molecule has 11 heavy (non-hydrogen) atoms. The predicted octanol–water partition coefficient (Wildman–Crippen LogP) is 2.57. The lowest BCUT2D eigenvalue weighted by atomic mass is 10.2. The number of rotatable bonds is 1. The van der Waals surface area contributed by atoms with Crippen molar-refractivity contribution in [3.8, 4) is 0 Å². The maximum absolute atomic E-state index is 8.13. The summed E-state index contributed by atoms with van der Waals surface area (Å²) in [7, 11) is 0. The van der Waals surface area contributed by atoms with Crippen molar-refractivity contribution >= 4 is 30.2 Å². The number of hydrogen-bond acceptors (Lipinski definition) is 2. The van der Waals surface area contributed by atoms with Crippen molar-refractivity contribution < 1.29 is 5.21 Å². The van der Waals surface area contributed by atoms with E-state index in [1.54, 1.807) is 24.3 Å². The number of benzene rings is 1. The van der Waals surface area contributed by atoms with Gasteiger partial charge in [0.05, 0.1) is 6.21 Å². The van der Waals surface area contributed by atoms with E-state index in [0.717, 1.165) is 5.56 Å². The van der Waals surface area contributed by atoms with Crippen LogP contribution in [-0.4, -0.2) is 11.4 Å². The molecule has 0 amide bonds. The first kappa shape index (κ1) is 10.3. The largest absolute Gasteiger partial charge is 0.411 e. The molecule has 0 aliphatic carbocycles. The molecule has 0 aliphatic heterocycles. The third-order valence-corrected chi connectivity index (χ3v) is 1.33. The molecule has 0 aromatic heterocycles. The molecule has 0 bridgehead atoms. The van der Waals surface area contributed by atoms with E-state index >= 15 is 0 Å². The quantitative estimate of drug-likeness (QED) is 0.414. The minimum Gasteiger partial charge on any atom is -0.411 e. The van der Waals surface area contributed by atoms with Gasteiger partial charge in [0.25, 0.3) is 0 Å². The van der Waals surface area contributed by atoms with Crippen LogP contribution >= 0.6 is 24.0 Å². The highest BCUT2D eigenvalue weighted by molar-refractivity contribution is 6.30. The van der Waals surface area contributed by atoms with Crippen LogP contribution in [0.1, 0.15) is 5.56 Å². The highest BCUT2D eigenvalue weighted by Gasteiger charge is 1.86. The smallest absolute Gasteiger partial charge is 0.0733 e. The van der Waals surface area contributed by atoms with E-state index in [1.165, 1.54) is 6.21 Å². The topological polar surface area (TPSA) is 32.6 Å². The van der Waals surface area contributed by atoms with E-state index in [0.29, 0.717) is 5.02 Å². The van der Waals surface area contributed by atoms with Crippen LogP contribution in [0.4, 0.5) is 0 Å². The molecular weight excluding hydrogens is 185 g/mol. The molecule has 1 aromatic carbocycles. The molecule has 1 aromatic rings. The molecule has 0 spiro atoms. The number of halogens is 2. The van der Waals surface area contributed by atoms with Gasteiger partial charge in [-0.1, -0.05) is 28.9 Å². The maximum Gasteiger partial charge on any atom is 0.0733 e. The summed E-state index contributed by atoms with van der Waals surface area (Å²) in [5, 5.41) is 11.7. The molecule has 0 fully saturated rings. The fourth-order valence-corrected chi connectivity index (χ4v) is 0.742. The van der Waals surface area contributed by atoms with Crippen molar-refractivity contribution in [2.45, 2.75) is 0 Å². The van der Waals surface area contributed by atoms with Crippen molar-refractivity contribution in [2.24, 2.45) is 5.16 Å². The highest BCUT2D eigenvalue weighted by atomic mass is 35.5. The summed E-state index contributed by atoms with van der Waals surface area (Å²) in [4.78, 5) is 0. The van der Waals surface area contributed by atoms with Crippen LogP contribution < -0.4 is 0 Å². The number of nitrogens with zero attached hydrogens (tertiary/aromatic N) is 1. The van der Waals surface area contributed by atoms with Gasteiger partial charge in [0.2, 0.25) is 0 Å². The summed E-state index contributed by atoms with van der Waals surface area (Å²) in [6.07, 6.45) is 1.34. The SMILES string of the molecule is Cl.ON=Cc1ccc(Cl)cc1. The van der Waals surface area contributed by atoms with E-state index in [4.69, 9.17) is 16.8 Å². The van der Waals surface area contributed by atoms with E-state index < -0.39 is 0 Å². The molecule has 2 nitrogen and oxygen atoms in total. The standard InChI is InChI=1S/C7H6ClNO.ClH/c8-7-3-1-6(2-4-7)5-9-10;/h1-5,10H;1H. The summed E-state index contributed by atoms with van der Waals surface area (Å²) in [5.74, 6) is 0. The number of oxime groups is 1. The Hall–Kier alpha value is -0.730. The first-order valence-corrected chi connectivity index (χ1v) is 3.14. The van der Waals surface area contributed by atoms with E-state index in [-0.39, 0.29) is 12.4 Å². The normalized spacial score (nSPS) is 9.55. The molecule has 0 radical (unpaired) electrons. The molecule has 0 heterocycles. The first-order valence-electron chi connectivity index (χ1n) is 2.76. The van der Waals surface area contributed by atoms with Crippen LogP contribution in [0.3, 0.4) is 0 Å². The second-order valence-electron chi connectivity index (χ2n) is 1.80. The Morgan fingerprint density at radius 1 is 1.27 bits per heavy atom. The van der Waals surface area contributed by atoms with Gasteiger partial charge in [0, 0.05) is 5.02 Å². The molecule has 0 aliphatic rings. The van der Waals surface area contributed by atoms with Crippen LogP contribution in [0.2, 0.25) is 5.02 Å². The Balaban J connectivity index is 0.000001000. The molecule has 4 heteroatoms. The summed E-state index contributed by atoms with van der Waals surface area (Å²) >= 11 is 5.60. The van der Waals surface area contributed by atoms with Gasteiger partial charge in [0.15, 0.2) is 0 Å².